The highest BCUT2D eigenvalue weighted by Crippen LogP contribution is 2.29. The van der Waals surface area contributed by atoms with Crippen LogP contribution in [0.4, 0.5) is 0 Å². The first-order valence-corrected chi connectivity index (χ1v) is 10.7. The molecule has 0 saturated carbocycles. The highest BCUT2D eigenvalue weighted by atomic mass is 35.5. The van der Waals surface area contributed by atoms with E-state index in [1.165, 1.54) is 0 Å². The van der Waals surface area contributed by atoms with Crippen LogP contribution in [0.15, 0.2) is 59.4 Å². The van der Waals surface area contributed by atoms with Gasteiger partial charge >= 0.3 is 0 Å². The molecule has 5 nitrogen and oxygen atoms in total. The van der Waals surface area contributed by atoms with E-state index in [-0.39, 0.29) is 17.3 Å². The average molecular weight is 426 g/mol. The maximum Gasteiger partial charge on any atom is 0.261 e. The number of amides is 1. The number of para-hydroxylation sites is 1. The quantitative estimate of drug-likeness (QED) is 0.512. The second-order valence-corrected chi connectivity index (χ2v) is 8.42. The zero-order valence-electron chi connectivity index (χ0n) is 17.9. The number of hydrogen-bond acceptors (Lipinski definition) is 3. The van der Waals surface area contributed by atoms with Crippen LogP contribution in [0.25, 0.3) is 10.9 Å². The lowest BCUT2D eigenvalue weighted by Crippen LogP contribution is -2.44. The van der Waals surface area contributed by atoms with Crippen molar-refractivity contribution in [3.05, 3.63) is 76.3 Å². The van der Waals surface area contributed by atoms with Crippen molar-refractivity contribution in [1.82, 2.24) is 14.5 Å². The summed E-state index contributed by atoms with van der Waals surface area (Å²) in [6.45, 7) is 8.41. The molecule has 1 heterocycles. The summed E-state index contributed by atoms with van der Waals surface area (Å²) in [5.74, 6) is 0.713. The zero-order chi connectivity index (χ0) is 21.9. The molecule has 0 N–H and O–H groups in total. The second kappa shape index (κ2) is 9.00. The van der Waals surface area contributed by atoms with Crippen LogP contribution >= 0.6 is 11.6 Å². The molecular weight excluding hydrogens is 398 g/mol. The molecule has 0 spiro atoms. The molecule has 30 heavy (non-hydrogen) atoms. The molecule has 1 unspecified atom stereocenters. The van der Waals surface area contributed by atoms with Crippen LogP contribution in [-0.2, 0) is 17.9 Å². The van der Waals surface area contributed by atoms with E-state index >= 15 is 0 Å². The number of hydrogen-bond donors (Lipinski definition) is 0. The van der Waals surface area contributed by atoms with Gasteiger partial charge in [-0.05, 0) is 45.4 Å². The third kappa shape index (κ3) is 4.26. The smallest absolute Gasteiger partial charge is 0.261 e. The largest absolute Gasteiger partial charge is 0.328 e. The Morgan fingerprint density at radius 3 is 2.40 bits per heavy atom. The predicted octanol–water partition coefficient (Wildman–Crippen LogP) is 4.77. The van der Waals surface area contributed by atoms with Crippen molar-refractivity contribution >= 4 is 28.4 Å². The van der Waals surface area contributed by atoms with E-state index in [0.29, 0.717) is 29.8 Å². The van der Waals surface area contributed by atoms with Gasteiger partial charge in [-0.1, -0.05) is 42.5 Å². The van der Waals surface area contributed by atoms with Gasteiger partial charge in [0.2, 0.25) is 5.91 Å². The van der Waals surface area contributed by atoms with Crippen LogP contribution in [-0.4, -0.2) is 26.2 Å². The molecule has 0 aliphatic carbocycles. The number of benzene rings is 2. The topological polar surface area (TPSA) is 55.2 Å². The van der Waals surface area contributed by atoms with Crippen molar-refractivity contribution in [2.45, 2.75) is 46.8 Å². The number of rotatable bonds is 7. The van der Waals surface area contributed by atoms with Crippen LogP contribution in [0.2, 0.25) is 0 Å². The minimum Gasteiger partial charge on any atom is -0.328 e. The lowest BCUT2D eigenvalue weighted by Gasteiger charge is -2.35. The summed E-state index contributed by atoms with van der Waals surface area (Å²) < 4.78 is 1.66. The number of aromatic nitrogens is 2. The van der Waals surface area contributed by atoms with Crippen molar-refractivity contribution in [3.8, 4) is 0 Å². The summed E-state index contributed by atoms with van der Waals surface area (Å²) in [5, 5.41) is 0.581. The lowest BCUT2D eigenvalue weighted by atomic mass is 9.93. The van der Waals surface area contributed by atoms with Gasteiger partial charge in [0.1, 0.15) is 5.82 Å². The molecule has 0 radical (unpaired) electrons. The third-order valence-corrected chi connectivity index (χ3v) is 6.09. The number of halogens is 1. The first-order chi connectivity index (χ1) is 14.3. The summed E-state index contributed by atoms with van der Waals surface area (Å²) in [7, 11) is 0. The molecule has 1 amide bonds. The fourth-order valence-corrected chi connectivity index (χ4v) is 3.67. The molecule has 0 aliphatic rings. The lowest BCUT2D eigenvalue weighted by molar-refractivity contribution is -0.142. The van der Waals surface area contributed by atoms with Gasteiger partial charge in [-0.2, -0.15) is 0 Å². The van der Waals surface area contributed by atoms with Gasteiger partial charge in [0.05, 0.1) is 22.4 Å². The van der Waals surface area contributed by atoms with Gasteiger partial charge in [-0.15, -0.1) is 11.6 Å². The zero-order valence-corrected chi connectivity index (χ0v) is 18.7. The Balaban J connectivity index is 2.13. The average Bonchev–Trinajstić information content (AvgIpc) is 2.77. The molecule has 1 atom stereocenters. The molecule has 158 valence electrons. The van der Waals surface area contributed by atoms with Crippen molar-refractivity contribution in [2.75, 3.05) is 5.88 Å². The number of alkyl halides is 1. The first-order valence-electron chi connectivity index (χ1n) is 10.2. The van der Waals surface area contributed by atoms with E-state index < -0.39 is 11.5 Å². The summed E-state index contributed by atoms with van der Waals surface area (Å²) >= 11 is 6.13. The SMILES string of the molecule is CCn1c(C(C)N(Cc2ccccc2)C(=O)C(C)(C)CCl)nc2ccccc2c1=O. The highest BCUT2D eigenvalue weighted by Gasteiger charge is 2.35. The molecule has 3 rings (SSSR count). The van der Waals surface area contributed by atoms with E-state index in [1.807, 2.05) is 76.2 Å². The minimum absolute atomic E-state index is 0.0705. The van der Waals surface area contributed by atoms with Crippen molar-refractivity contribution in [1.29, 1.82) is 0 Å². The molecular formula is C24H28ClN3O2. The van der Waals surface area contributed by atoms with E-state index in [2.05, 4.69) is 0 Å². The summed E-state index contributed by atoms with van der Waals surface area (Å²) in [6.07, 6.45) is 0. The molecule has 3 aromatic rings. The van der Waals surface area contributed by atoms with Gasteiger partial charge in [0, 0.05) is 19.0 Å². The Labute approximate surface area is 182 Å². The number of carbonyl (C=O) groups excluding carboxylic acids is 1. The van der Waals surface area contributed by atoms with Gasteiger partial charge < -0.3 is 4.90 Å². The minimum atomic E-state index is -0.737. The Bertz CT molecular complexity index is 1090. The molecule has 1 aromatic heterocycles. The second-order valence-electron chi connectivity index (χ2n) is 8.15. The number of nitrogens with zero attached hydrogens (tertiary/aromatic N) is 3. The monoisotopic (exact) mass is 425 g/mol. The number of fused-ring (bicyclic) bond motifs is 1. The van der Waals surface area contributed by atoms with Crippen LogP contribution in [0, 0.1) is 5.41 Å². The Hall–Kier alpha value is -2.66. The summed E-state index contributed by atoms with van der Waals surface area (Å²) in [4.78, 5) is 33.2. The first kappa shape index (κ1) is 22.0. The van der Waals surface area contributed by atoms with Crippen LogP contribution < -0.4 is 5.56 Å². The van der Waals surface area contributed by atoms with Gasteiger partial charge in [0.25, 0.3) is 5.56 Å². The highest BCUT2D eigenvalue weighted by molar-refractivity contribution is 6.19. The molecule has 6 heteroatoms. The van der Waals surface area contributed by atoms with Crippen LogP contribution in [0.1, 0.15) is 45.1 Å². The maximum absolute atomic E-state index is 13.5. The Morgan fingerprint density at radius 2 is 1.77 bits per heavy atom. The van der Waals surface area contributed by atoms with Crippen LogP contribution in [0.3, 0.4) is 0 Å². The van der Waals surface area contributed by atoms with Crippen molar-refractivity contribution in [2.24, 2.45) is 5.41 Å². The van der Waals surface area contributed by atoms with Gasteiger partial charge in [-0.3, -0.25) is 14.2 Å². The maximum atomic E-state index is 13.5. The third-order valence-electron chi connectivity index (χ3n) is 5.42. The van der Waals surface area contributed by atoms with E-state index in [0.717, 1.165) is 5.56 Å². The predicted molar refractivity (Wildman–Crippen MR) is 122 cm³/mol. The van der Waals surface area contributed by atoms with E-state index in [9.17, 15) is 9.59 Å². The van der Waals surface area contributed by atoms with Gasteiger partial charge in [0.15, 0.2) is 0 Å². The molecule has 0 saturated heterocycles. The van der Waals surface area contributed by atoms with E-state index in [4.69, 9.17) is 16.6 Å². The molecule has 0 bridgehead atoms. The Morgan fingerprint density at radius 1 is 1.13 bits per heavy atom. The fraction of sp³-hybridized carbons (Fsp3) is 0.375. The fourth-order valence-electron chi connectivity index (χ4n) is 3.56. The van der Waals surface area contributed by atoms with Crippen molar-refractivity contribution in [3.63, 3.8) is 0 Å². The van der Waals surface area contributed by atoms with Crippen molar-refractivity contribution < 1.29 is 4.79 Å². The summed E-state index contributed by atoms with van der Waals surface area (Å²) in [6, 6.07) is 16.7. The summed E-state index contributed by atoms with van der Waals surface area (Å²) in [5.41, 5.74) is 0.819. The normalized spacial score (nSPS) is 12.7. The molecule has 2 aromatic carbocycles. The molecule has 0 aliphatic heterocycles. The standard InChI is InChI=1S/C24H28ClN3O2/c1-5-27-21(26-20-14-10-9-13-19(20)22(27)29)17(2)28(23(30)24(3,4)16-25)15-18-11-7-6-8-12-18/h6-14,17H,5,15-16H2,1-4H3. The molecule has 0 fully saturated rings. The van der Waals surface area contributed by atoms with E-state index in [1.54, 1.807) is 15.5 Å². The van der Waals surface area contributed by atoms with Gasteiger partial charge in [-0.25, -0.2) is 4.98 Å². The Kier molecular flexibility index (Phi) is 6.61. The number of carbonyl (C=O) groups is 1. The van der Waals surface area contributed by atoms with Crippen LogP contribution in [0.5, 0.6) is 0 Å².